The number of oxime groups is 1. The standard InChI is InChI=1S/C23H35NO7/c1-30-21-9-6-7-10-22(21)31-15-16(25)12-13-17-18(20(26)14-19(17)24-29)8-4-2-3-5-11-23(27)28/h6-7,9-10,16-18,20,25-26,29H,2-5,8,11-15H2,1H3,(H,27,28)/b24-19-/t16-,17-,18-,20+/m1/s1. The summed E-state index contributed by atoms with van der Waals surface area (Å²) in [6.45, 7) is 0.121. The molecule has 31 heavy (non-hydrogen) atoms. The fraction of sp³-hybridized carbons (Fsp3) is 0.652. The van der Waals surface area contributed by atoms with Crippen LogP contribution in [0.5, 0.6) is 11.5 Å². The lowest BCUT2D eigenvalue weighted by molar-refractivity contribution is -0.137. The molecule has 0 aliphatic heterocycles. The highest BCUT2D eigenvalue weighted by Gasteiger charge is 2.39. The van der Waals surface area contributed by atoms with Crippen LogP contribution in [0.15, 0.2) is 29.4 Å². The molecule has 0 amide bonds. The largest absolute Gasteiger partial charge is 0.493 e. The second-order valence-corrected chi connectivity index (χ2v) is 8.17. The molecule has 0 spiro atoms. The molecule has 0 aromatic heterocycles. The van der Waals surface area contributed by atoms with E-state index in [1.165, 1.54) is 0 Å². The zero-order valence-electron chi connectivity index (χ0n) is 18.2. The third-order valence-electron chi connectivity index (χ3n) is 5.98. The van der Waals surface area contributed by atoms with E-state index in [4.69, 9.17) is 14.6 Å². The number of unbranched alkanes of at least 4 members (excludes halogenated alkanes) is 3. The van der Waals surface area contributed by atoms with Gasteiger partial charge in [0.05, 0.1) is 25.0 Å². The lowest BCUT2D eigenvalue weighted by Crippen LogP contribution is -2.24. The van der Waals surface area contributed by atoms with Crippen LogP contribution in [-0.2, 0) is 4.79 Å². The number of hydrogen-bond acceptors (Lipinski definition) is 7. The summed E-state index contributed by atoms with van der Waals surface area (Å²) >= 11 is 0. The van der Waals surface area contributed by atoms with Gasteiger partial charge >= 0.3 is 5.97 Å². The molecule has 8 nitrogen and oxygen atoms in total. The number of carboxylic acids is 1. The summed E-state index contributed by atoms with van der Waals surface area (Å²) in [4.78, 5) is 10.6. The summed E-state index contributed by atoms with van der Waals surface area (Å²) in [5, 5.41) is 42.3. The minimum absolute atomic E-state index is 0.0206. The maximum atomic E-state index is 10.6. The van der Waals surface area contributed by atoms with Crippen molar-refractivity contribution in [3.05, 3.63) is 24.3 Å². The van der Waals surface area contributed by atoms with Gasteiger partial charge in [0, 0.05) is 18.8 Å². The van der Waals surface area contributed by atoms with Crippen molar-refractivity contribution in [1.82, 2.24) is 0 Å². The van der Waals surface area contributed by atoms with Crippen molar-refractivity contribution in [3.63, 3.8) is 0 Å². The molecule has 1 saturated carbocycles. The van der Waals surface area contributed by atoms with Crippen LogP contribution in [0.25, 0.3) is 0 Å². The van der Waals surface area contributed by atoms with E-state index >= 15 is 0 Å². The number of hydrogen-bond donors (Lipinski definition) is 4. The third-order valence-corrected chi connectivity index (χ3v) is 5.98. The predicted molar refractivity (Wildman–Crippen MR) is 116 cm³/mol. The number of carboxylic acid groups (broad SMARTS) is 1. The molecule has 0 heterocycles. The summed E-state index contributed by atoms with van der Waals surface area (Å²) in [6, 6.07) is 7.25. The quantitative estimate of drug-likeness (QED) is 0.199. The Morgan fingerprint density at radius 1 is 1.16 bits per heavy atom. The Bertz CT molecular complexity index is 709. The van der Waals surface area contributed by atoms with Crippen molar-refractivity contribution in [2.45, 2.75) is 70.0 Å². The van der Waals surface area contributed by atoms with Crippen LogP contribution in [0.4, 0.5) is 0 Å². The first-order valence-electron chi connectivity index (χ1n) is 11.0. The molecule has 0 radical (unpaired) electrons. The molecule has 174 valence electrons. The van der Waals surface area contributed by atoms with Crippen LogP contribution in [0.2, 0.25) is 0 Å². The lowest BCUT2D eigenvalue weighted by Gasteiger charge is -2.23. The summed E-state index contributed by atoms with van der Waals surface area (Å²) < 4.78 is 10.9. The van der Waals surface area contributed by atoms with Crippen molar-refractivity contribution < 1.29 is 34.8 Å². The molecule has 2 rings (SSSR count). The molecule has 4 N–H and O–H groups in total. The Morgan fingerprint density at radius 2 is 1.87 bits per heavy atom. The number of para-hydroxylation sites is 2. The van der Waals surface area contributed by atoms with Gasteiger partial charge in [-0.15, -0.1) is 0 Å². The molecule has 4 atom stereocenters. The minimum Gasteiger partial charge on any atom is -0.493 e. The SMILES string of the molecule is COc1ccccc1OC[C@H](O)CC[C@H]1/C(=N\O)C[C@H](O)[C@@H]1CCCCCCC(=O)O. The van der Waals surface area contributed by atoms with Gasteiger partial charge in [0.25, 0.3) is 0 Å². The van der Waals surface area contributed by atoms with Gasteiger partial charge in [-0.1, -0.05) is 36.6 Å². The molecule has 1 aromatic rings. The van der Waals surface area contributed by atoms with Gasteiger partial charge in [0.1, 0.15) is 6.61 Å². The highest BCUT2D eigenvalue weighted by molar-refractivity contribution is 5.89. The summed E-state index contributed by atoms with van der Waals surface area (Å²) in [5.41, 5.74) is 0.584. The number of carbonyl (C=O) groups is 1. The molecule has 0 unspecified atom stereocenters. The average molecular weight is 438 g/mol. The third kappa shape index (κ3) is 8.03. The molecular weight excluding hydrogens is 402 g/mol. The number of aliphatic hydroxyl groups is 2. The zero-order valence-corrected chi connectivity index (χ0v) is 18.2. The Morgan fingerprint density at radius 3 is 2.55 bits per heavy atom. The Hall–Kier alpha value is -2.32. The minimum atomic E-state index is -0.775. The van der Waals surface area contributed by atoms with E-state index in [0.717, 1.165) is 25.7 Å². The maximum absolute atomic E-state index is 10.6. The van der Waals surface area contributed by atoms with Crippen LogP contribution in [0.3, 0.4) is 0 Å². The van der Waals surface area contributed by atoms with Gasteiger partial charge in [0.2, 0.25) is 0 Å². The van der Waals surface area contributed by atoms with E-state index in [1.807, 2.05) is 12.1 Å². The van der Waals surface area contributed by atoms with Crippen molar-refractivity contribution in [3.8, 4) is 11.5 Å². The monoisotopic (exact) mass is 437 g/mol. The summed E-state index contributed by atoms with van der Waals surface area (Å²) in [7, 11) is 1.56. The normalized spacial score (nSPS) is 23.1. The van der Waals surface area contributed by atoms with Crippen LogP contribution in [-0.4, -0.2) is 58.1 Å². The Labute approximate surface area is 183 Å². The molecule has 8 heteroatoms. The van der Waals surface area contributed by atoms with Gasteiger partial charge in [-0.25, -0.2) is 0 Å². The second-order valence-electron chi connectivity index (χ2n) is 8.17. The summed E-state index contributed by atoms with van der Waals surface area (Å²) in [5.74, 6) is 0.293. The molecule has 1 aliphatic rings. The van der Waals surface area contributed by atoms with E-state index < -0.39 is 18.2 Å². The topological polar surface area (TPSA) is 129 Å². The number of methoxy groups -OCH3 is 1. The van der Waals surface area contributed by atoms with Crippen LogP contribution in [0, 0.1) is 11.8 Å². The van der Waals surface area contributed by atoms with Crippen molar-refractivity contribution in [2.24, 2.45) is 17.0 Å². The highest BCUT2D eigenvalue weighted by Crippen LogP contribution is 2.37. The average Bonchev–Trinajstić information content (AvgIpc) is 3.07. The molecule has 1 aliphatic carbocycles. The first-order valence-corrected chi connectivity index (χ1v) is 11.0. The number of benzene rings is 1. The van der Waals surface area contributed by atoms with E-state index in [-0.39, 0.29) is 24.9 Å². The van der Waals surface area contributed by atoms with Crippen molar-refractivity contribution in [1.29, 1.82) is 0 Å². The van der Waals surface area contributed by atoms with E-state index in [1.54, 1.807) is 19.2 Å². The number of aliphatic carboxylic acids is 1. The Kier molecular flexibility index (Phi) is 10.6. The molecule has 0 bridgehead atoms. The fourth-order valence-electron chi connectivity index (χ4n) is 4.31. The van der Waals surface area contributed by atoms with Gasteiger partial charge in [-0.05, 0) is 43.7 Å². The number of rotatable bonds is 14. The lowest BCUT2D eigenvalue weighted by atomic mass is 9.85. The molecule has 1 fully saturated rings. The molecule has 0 saturated heterocycles. The van der Waals surface area contributed by atoms with Gasteiger partial charge in [-0.3, -0.25) is 4.79 Å². The number of nitrogens with zero attached hydrogens (tertiary/aromatic N) is 1. The van der Waals surface area contributed by atoms with Gasteiger partial charge in [0.15, 0.2) is 11.5 Å². The van der Waals surface area contributed by atoms with Gasteiger partial charge < -0.3 is 30.0 Å². The van der Waals surface area contributed by atoms with E-state index in [9.17, 15) is 20.2 Å². The van der Waals surface area contributed by atoms with Crippen molar-refractivity contribution in [2.75, 3.05) is 13.7 Å². The van der Waals surface area contributed by atoms with E-state index in [2.05, 4.69) is 5.16 Å². The van der Waals surface area contributed by atoms with Crippen LogP contribution < -0.4 is 9.47 Å². The Balaban J connectivity index is 1.80. The van der Waals surface area contributed by atoms with E-state index in [0.29, 0.717) is 42.9 Å². The highest BCUT2D eigenvalue weighted by atomic mass is 16.5. The molecule has 1 aromatic carbocycles. The molecular formula is C23H35NO7. The smallest absolute Gasteiger partial charge is 0.303 e. The fourth-order valence-corrected chi connectivity index (χ4v) is 4.31. The summed E-state index contributed by atoms with van der Waals surface area (Å²) in [6.07, 6.45) is 4.41. The maximum Gasteiger partial charge on any atom is 0.303 e. The van der Waals surface area contributed by atoms with Crippen LogP contribution in [0.1, 0.15) is 57.8 Å². The zero-order chi connectivity index (χ0) is 22.6. The number of aliphatic hydroxyl groups excluding tert-OH is 2. The second kappa shape index (κ2) is 13.2. The first-order chi connectivity index (χ1) is 15.0. The van der Waals surface area contributed by atoms with Crippen molar-refractivity contribution >= 4 is 11.7 Å². The first kappa shape index (κ1) is 24.9. The van der Waals surface area contributed by atoms with Crippen LogP contribution >= 0.6 is 0 Å². The predicted octanol–water partition coefficient (Wildman–Crippen LogP) is 3.47. The number of ether oxygens (including phenoxy) is 2. The van der Waals surface area contributed by atoms with Gasteiger partial charge in [-0.2, -0.15) is 0 Å².